The van der Waals surface area contributed by atoms with Crippen LogP contribution in [-0.4, -0.2) is 42.1 Å². The van der Waals surface area contributed by atoms with E-state index in [2.05, 4.69) is 15.6 Å². The predicted molar refractivity (Wildman–Crippen MR) is 103 cm³/mol. The molecule has 0 aliphatic carbocycles. The smallest absolute Gasteiger partial charge is 0.274 e. The van der Waals surface area contributed by atoms with Crippen LogP contribution >= 0.6 is 11.8 Å². The van der Waals surface area contributed by atoms with Gasteiger partial charge in [0.25, 0.3) is 5.91 Å². The largest absolute Gasteiger partial charge is 0.378 e. The number of nitrogens with one attached hydrogen (secondary N) is 2. The zero-order valence-corrected chi connectivity index (χ0v) is 15.9. The summed E-state index contributed by atoms with van der Waals surface area (Å²) < 4.78 is 33.5. The van der Waals surface area contributed by atoms with E-state index in [0.717, 1.165) is 23.2 Å². The summed E-state index contributed by atoms with van der Waals surface area (Å²) >= 11 is 1.58. The molecular formula is C19H18F2N4O2S. The number of hydrogen-bond donors (Lipinski definition) is 2. The van der Waals surface area contributed by atoms with Crippen LogP contribution in [0.3, 0.4) is 0 Å². The number of carbonyl (C=O) groups excluding carboxylic acids is 1. The second kappa shape index (κ2) is 7.48. The van der Waals surface area contributed by atoms with Gasteiger partial charge in [-0.25, -0.2) is 18.8 Å². The molecule has 1 amide bonds. The van der Waals surface area contributed by atoms with Gasteiger partial charge in [0, 0.05) is 30.0 Å². The van der Waals surface area contributed by atoms with Crippen molar-refractivity contribution >= 4 is 28.5 Å². The van der Waals surface area contributed by atoms with Crippen molar-refractivity contribution in [2.45, 2.75) is 5.54 Å². The normalized spacial score (nSPS) is 23.7. The molecule has 2 aliphatic heterocycles. The summed E-state index contributed by atoms with van der Waals surface area (Å²) in [4.78, 5) is 20.9. The number of rotatable bonds is 3. The SMILES string of the molecule is CNC1=N[C@@]2(c3cc(NC(=O)c4ccc(F)cn4)ccc3F)COC[C@H]2CS1. The maximum absolute atomic E-state index is 14.8. The average Bonchev–Trinajstić information content (AvgIpc) is 3.13. The number of carbonyl (C=O) groups is 1. The van der Waals surface area contributed by atoms with Crippen molar-refractivity contribution < 1.29 is 18.3 Å². The molecule has 0 spiro atoms. The van der Waals surface area contributed by atoms with Gasteiger partial charge in [-0.1, -0.05) is 11.8 Å². The van der Waals surface area contributed by atoms with Crippen molar-refractivity contribution in [2.75, 3.05) is 31.3 Å². The molecule has 1 aromatic heterocycles. The van der Waals surface area contributed by atoms with Crippen molar-refractivity contribution in [3.05, 3.63) is 59.4 Å². The molecule has 4 rings (SSSR count). The molecule has 146 valence electrons. The molecule has 0 saturated carbocycles. The van der Waals surface area contributed by atoms with Crippen molar-refractivity contribution in [1.82, 2.24) is 10.3 Å². The number of nitrogens with zero attached hydrogens (tertiary/aromatic N) is 2. The van der Waals surface area contributed by atoms with E-state index in [0.29, 0.717) is 17.9 Å². The molecule has 28 heavy (non-hydrogen) atoms. The first-order valence-electron chi connectivity index (χ1n) is 8.73. The molecule has 2 aromatic rings. The van der Waals surface area contributed by atoms with E-state index in [4.69, 9.17) is 9.73 Å². The summed E-state index contributed by atoms with van der Waals surface area (Å²) in [5.74, 6) is -0.642. The molecule has 6 nitrogen and oxygen atoms in total. The second-order valence-corrected chi connectivity index (χ2v) is 7.63. The van der Waals surface area contributed by atoms with E-state index >= 15 is 0 Å². The van der Waals surface area contributed by atoms with Crippen LogP contribution in [-0.2, 0) is 10.3 Å². The van der Waals surface area contributed by atoms with Gasteiger partial charge in [0.05, 0.1) is 19.4 Å². The molecular weight excluding hydrogens is 386 g/mol. The highest BCUT2D eigenvalue weighted by Crippen LogP contribution is 2.45. The number of benzene rings is 1. The van der Waals surface area contributed by atoms with Crippen LogP contribution in [0.15, 0.2) is 41.5 Å². The van der Waals surface area contributed by atoms with Crippen molar-refractivity contribution in [3.63, 3.8) is 0 Å². The molecule has 0 bridgehead atoms. The lowest BCUT2D eigenvalue weighted by Crippen LogP contribution is -2.41. The van der Waals surface area contributed by atoms with E-state index in [9.17, 15) is 13.6 Å². The molecule has 2 aliphatic rings. The van der Waals surface area contributed by atoms with Gasteiger partial charge in [0.1, 0.15) is 22.9 Å². The van der Waals surface area contributed by atoms with E-state index in [1.54, 1.807) is 24.9 Å². The highest BCUT2D eigenvalue weighted by Gasteiger charge is 2.49. The Bertz CT molecular complexity index is 938. The number of halogens is 2. The number of fused-ring (bicyclic) bond motifs is 1. The van der Waals surface area contributed by atoms with Crippen LogP contribution in [0.1, 0.15) is 16.1 Å². The van der Waals surface area contributed by atoms with Crippen LogP contribution in [0.5, 0.6) is 0 Å². The number of thioether (sulfide) groups is 1. The van der Waals surface area contributed by atoms with E-state index < -0.39 is 23.1 Å². The Kier molecular flexibility index (Phi) is 5.03. The van der Waals surface area contributed by atoms with E-state index in [1.165, 1.54) is 18.2 Å². The maximum atomic E-state index is 14.8. The Balaban J connectivity index is 1.67. The fourth-order valence-corrected chi connectivity index (χ4v) is 4.54. The summed E-state index contributed by atoms with van der Waals surface area (Å²) in [5, 5.41) is 6.44. The quantitative estimate of drug-likeness (QED) is 0.823. The number of amidine groups is 1. The Morgan fingerprint density at radius 1 is 1.32 bits per heavy atom. The lowest BCUT2D eigenvalue weighted by Gasteiger charge is -2.35. The van der Waals surface area contributed by atoms with Gasteiger partial charge in [0.2, 0.25) is 0 Å². The van der Waals surface area contributed by atoms with Gasteiger partial charge >= 0.3 is 0 Å². The minimum absolute atomic E-state index is 0.0359. The standard InChI is InChI=1S/C19H18F2N4O2S/c1-22-18-25-19(10-27-8-11(19)9-28-18)14-6-13(3-4-15(14)21)24-17(26)16-5-2-12(20)7-23-16/h2-7,11H,8-10H2,1H3,(H,22,25)(H,24,26)/t11-,19-/m0/s1. The first-order chi connectivity index (χ1) is 13.5. The molecule has 2 atom stereocenters. The summed E-state index contributed by atoms with van der Waals surface area (Å²) in [6, 6.07) is 6.82. The number of pyridine rings is 1. The van der Waals surface area contributed by atoms with Crippen LogP contribution in [0.2, 0.25) is 0 Å². The highest BCUT2D eigenvalue weighted by atomic mass is 32.2. The summed E-state index contributed by atoms with van der Waals surface area (Å²) in [6.45, 7) is 0.778. The average molecular weight is 404 g/mol. The molecule has 1 saturated heterocycles. The van der Waals surface area contributed by atoms with Gasteiger partial charge in [-0.15, -0.1) is 0 Å². The summed E-state index contributed by atoms with van der Waals surface area (Å²) in [6.07, 6.45) is 0.970. The first kappa shape index (κ1) is 18.8. The minimum Gasteiger partial charge on any atom is -0.378 e. The molecule has 0 radical (unpaired) electrons. The third-order valence-corrected chi connectivity index (χ3v) is 6.04. The number of hydrogen-bond acceptors (Lipinski definition) is 6. The Labute approximate surface area is 164 Å². The maximum Gasteiger partial charge on any atom is 0.274 e. The topological polar surface area (TPSA) is 75.6 Å². The van der Waals surface area contributed by atoms with Gasteiger partial charge < -0.3 is 15.4 Å². The highest BCUT2D eigenvalue weighted by molar-refractivity contribution is 8.13. The van der Waals surface area contributed by atoms with Crippen molar-refractivity contribution in [1.29, 1.82) is 0 Å². The Hall–Kier alpha value is -2.52. The fraction of sp³-hybridized carbons (Fsp3) is 0.316. The molecule has 1 aromatic carbocycles. The summed E-state index contributed by atoms with van der Waals surface area (Å²) in [5.41, 5.74) is 0.0275. The van der Waals surface area contributed by atoms with Crippen molar-refractivity contribution in [3.8, 4) is 0 Å². The second-order valence-electron chi connectivity index (χ2n) is 6.62. The minimum atomic E-state index is -0.831. The molecule has 1 fully saturated rings. The number of aliphatic imine (C=N–C) groups is 1. The van der Waals surface area contributed by atoms with Gasteiger partial charge in [-0.3, -0.25) is 4.79 Å². The molecule has 0 unspecified atom stereocenters. The number of anilines is 1. The zero-order valence-electron chi connectivity index (χ0n) is 15.0. The number of amides is 1. The van der Waals surface area contributed by atoms with Crippen LogP contribution in [0, 0.1) is 17.6 Å². The third-order valence-electron chi connectivity index (χ3n) is 4.90. The van der Waals surface area contributed by atoms with Gasteiger partial charge in [-0.2, -0.15) is 0 Å². The van der Waals surface area contributed by atoms with Gasteiger partial charge in [-0.05, 0) is 30.3 Å². The first-order valence-corrected chi connectivity index (χ1v) is 9.71. The van der Waals surface area contributed by atoms with Crippen LogP contribution in [0.4, 0.5) is 14.5 Å². The van der Waals surface area contributed by atoms with E-state index in [1.807, 2.05) is 0 Å². The Morgan fingerprint density at radius 2 is 2.18 bits per heavy atom. The Morgan fingerprint density at radius 3 is 2.93 bits per heavy atom. The lowest BCUT2D eigenvalue weighted by atomic mass is 9.81. The van der Waals surface area contributed by atoms with E-state index in [-0.39, 0.29) is 18.2 Å². The third kappa shape index (κ3) is 3.35. The molecule has 3 heterocycles. The fourth-order valence-electron chi connectivity index (χ4n) is 3.44. The zero-order chi connectivity index (χ0) is 19.7. The number of aromatic nitrogens is 1. The predicted octanol–water partition coefficient (Wildman–Crippen LogP) is 2.78. The van der Waals surface area contributed by atoms with Crippen LogP contribution < -0.4 is 10.6 Å². The molecule has 9 heteroatoms. The van der Waals surface area contributed by atoms with Crippen LogP contribution in [0.25, 0.3) is 0 Å². The lowest BCUT2D eigenvalue weighted by molar-refractivity contribution is 0.102. The summed E-state index contributed by atoms with van der Waals surface area (Å²) in [7, 11) is 1.78. The monoisotopic (exact) mass is 404 g/mol. The van der Waals surface area contributed by atoms with Gasteiger partial charge in [0.15, 0.2) is 5.17 Å². The molecule has 2 N–H and O–H groups in total. The number of ether oxygens (including phenoxy) is 1. The van der Waals surface area contributed by atoms with Crippen molar-refractivity contribution in [2.24, 2.45) is 10.9 Å².